The van der Waals surface area contributed by atoms with Crippen molar-refractivity contribution in [3.05, 3.63) is 89.2 Å². The van der Waals surface area contributed by atoms with Crippen LogP contribution in [-0.2, 0) is 9.53 Å². The molecule has 0 saturated heterocycles. The number of nitrogens with zero attached hydrogens (tertiary/aromatic N) is 1. The van der Waals surface area contributed by atoms with Crippen LogP contribution in [0.25, 0.3) is 10.8 Å². The third kappa shape index (κ3) is 5.61. The highest BCUT2D eigenvalue weighted by molar-refractivity contribution is 6.19. The summed E-state index contributed by atoms with van der Waals surface area (Å²) in [6.45, 7) is 2.34. The molecule has 1 aliphatic carbocycles. The van der Waals surface area contributed by atoms with E-state index in [0.29, 0.717) is 12.4 Å². The van der Waals surface area contributed by atoms with Gasteiger partial charge in [0.1, 0.15) is 0 Å². The molecule has 2 aromatic carbocycles. The number of carbonyl (C=O) groups is 1. The van der Waals surface area contributed by atoms with E-state index < -0.39 is 0 Å². The zero-order valence-corrected chi connectivity index (χ0v) is 20.5. The van der Waals surface area contributed by atoms with Gasteiger partial charge in [-0.15, -0.1) is 11.6 Å². The van der Waals surface area contributed by atoms with E-state index in [1.54, 1.807) is 6.08 Å². The molecule has 2 aliphatic rings. The van der Waals surface area contributed by atoms with Gasteiger partial charge in [-0.05, 0) is 65.8 Å². The smallest absolute Gasteiger partial charge is 0.254 e. The van der Waals surface area contributed by atoms with Gasteiger partial charge in [0.05, 0.1) is 6.26 Å². The first kappa shape index (κ1) is 25.8. The molecule has 1 atom stereocenters. The normalized spacial score (nSPS) is 18.1. The quantitative estimate of drug-likeness (QED) is 0.244. The summed E-state index contributed by atoms with van der Waals surface area (Å²) in [4.78, 5) is 15.5. The molecular formula is C28H32ClNO4. The maximum absolute atomic E-state index is 13.6. The Morgan fingerprint density at radius 3 is 2.74 bits per heavy atom. The van der Waals surface area contributed by atoms with E-state index >= 15 is 0 Å². The second kappa shape index (κ2) is 12.6. The lowest BCUT2D eigenvalue weighted by molar-refractivity contribution is -0.115. The van der Waals surface area contributed by atoms with Crippen molar-refractivity contribution in [3.63, 3.8) is 0 Å². The highest BCUT2D eigenvalue weighted by atomic mass is 35.5. The molecule has 0 saturated carbocycles. The Morgan fingerprint density at radius 2 is 1.97 bits per heavy atom. The minimum atomic E-state index is -0.333. The molecule has 4 rings (SSSR count). The lowest BCUT2D eigenvalue weighted by Gasteiger charge is -2.19. The molecule has 6 heteroatoms. The van der Waals surface area contributed by atoms with Gasteiger partial charge in [0, 0.05) is 36.7 Å². The van der Waals surface area contributed by atoms with Crippen LogP contribution < -0.4 is 4.90 Å². The van der Waals surface area contributed by atoms with Gasteiger partial charge in [0.25, 0.3) is 5.91 Å². The summed E-state index contributed by atoms with van der Waals surface area (Å²) in [7, 11) is 1.00. The molecule has 1 amide bonds. The average Bonchev–Trinajstić information content (AvgIpc) is 3.16. The van der Waals surface area contributed by atoms with Crippen LogP contribution in [0.3, 0.4) is 0 Å². The van der Waals surface area contributed by atoms with Crippen molar-refractivity contribution in [2.45, 2.75) is 32.1 Å². The molecule has 2 N–H and O–H groups in total. The van der Waals surface area contributed by atoms with E-state index in [1.165, 1.54) is 28.2 Å². The average molecular weight is 482 g/mol. The van der Waals surface area contributed by atoms with E-state index in [0.717, 1.165) is 43.2 Å². The van der Waals surface area contributed by atoms with E-state index in [4.69, 9.17) is 26.6 Å². The van der Waals surface area contributed by atoms with E-state index in [9.17, 15) is 4.79 Å². The van der Waals surface area contributed by atoms with Crippen LogP contribution in [-0.4, -0.2) is 42.4 Å². The van der Waals surface area contributed by atoms with Gasteiger partial charge in [-0.25, -0.2) is 0 Å². The first-order valence-corrected chi connectivity index (χ1v) is 12.0. The van der Waals surface area contributed by atoms with Gasteiger partial charge < -0.3 is 19.8 Å². The maximum Gasteiger partial charge on any atom is 0.254 e. The van der Waals surface area contributed by atoms with Crippen LogP contribution in [0.2, 0.25) is 0 Å². The van der Waals surface area contributed by atoms with Crippen molar-refractivity contribution in [1.29, 1.82) is 0 Å². The monoisotopic (exact) mass is 481 g/mol. The summed E-state index contributed by atoms with van der Waals surface area (Å²) in [5.41, 5.74) is 5.33. The number of amides is 1. The van der Waals surface area contributed by atoms with Crippen molar-refractivity contribution in [1.82, 2.24) is 0 Å². The molecule has 0 fully saturated rings. The largest absolute Gasteiger partial charge is 0.475 e. The number of anilines is 1. The minimum Gasteiger partial charge on any atom is -0.475 e. The lowest BCUT2D eigenvalue weighted by atomic mass is 9.96. The molecule has 0 unspecified atom stereocenters. The van der Waals surface area contributed by atoms with Crippen LogP contribution in [0.4, 0.5) is 5.69 Å². The van der Waals surface area contributed by atoms with Gasteiger partial charge >= 0.3 is 0 Å². The Morgan fingerprint density at radius 1 is 1.18 bits per heavy atom. The Hall–Kier alpha value is -2.86. The van der Waals surface area contributed by atoms with E-state index in [2.05, 4.69) is 31.2 Å². The first-order valence-electron chi connectivity index (χ1n) is 11.4. The van der Waals surface area contributed by atoms with Crippen LogP contribution in [0, 0.1) is 0 Å². The lowest BCUT2D eigenvalue weighted by Crippen LogP contribution is -2.31. The van der Waals surface area contributed by atoms with Crippen molar-refractivity contribution in [2.75, 3.05) is 31.2 Å². The molecule has 1 heterocycles. The van der Waals surface area contributed by atoms with Crippen LogP contribution in [0.5, 0.6) is 0 Å². The number of aliphatic hydroxyl groups is 2. The topological polar surface area (TPSA) is 70.0 Å². The van der Waals surface area contributed by atoms with Crippen molar-refractivity contribution in [2.24, 2.45) is 0 Å². The third-order valence-electron chi connectivity index (χ3n) is 6.20. The number of ether oxygens (including phenoxy) is 1. The second-order valence-electron chi connectivity index (χ2n) is 8.20. The minimum absolute atomic E-state index is 0.0787. The van der Waals surface area contributed by atoms with Gasteiger partial charge in [-0.2, -0.15) is 0 Å². The molecule has 0 radical (unpaired) electrons. The predicted octanol–water partition coefficient (Wildman–Crippen LogP) is 5.58. The number of rotatable bonds is 6. The molecule has 5 nitrogen and oxygen atoms in total. The van der Waals surface area contributed by atoms with Gasteiger partial charge in [-0.3, -0.25) is 4.79 Å². The van der Waals surface area contributed by atoms with Crippen molar-refractivity contribution >= 4 is 34.0 Å². The standard InChI is InChI=1S/C27H28ClNO3.CH4O/c1-19-15-22(10-6-9-20(19)7-4-5-14-32-18-30)27(31)29-17-23(16-28)26-24-11-3-2-8-21(24)12-13-25(26)29;1-2/h2-5,7-8,11-15,23,30H,6,9-10,16-18H2,1H3;2H,1H3/b7-4-,14-5+;/t23-;/m1./s1. The number of benzene rings is 2. The summed E-state index contributed by atoms with van der Waals surface area (Å²) >= 11 is 6.34. The summed E-state index contributed by atoms with van der Waals surface area (Å²) in [6.07, 6.45) is 11.8. The highest BCUT2D eigenvalue weighted by Crippen LogP contribution is 2.42. The first-order chi connectivity index (χ1) is 16.6. The Bertz CT molecular complexity index is 1130. The molecule has 0 spiro atoms. The van der Waals surface area contributed by atoms with Crippen LogP contribution >= 0.6 is 11.6 Å². The maximum atomic E-state index is 13.6. The zero-order chi connectivity index (χ0) is 24.5. The molecule has 0 aromatic heterocycles. The van der Waals surface area contributed by atoms with Crippen LogP contribution in [0.15, 0.2) is 83.7 Å². The molecule has 0 bridgehead atoms. The van der Waals surface area contributed by atoms with E-state index in [1.807, 2.05) is 35.3 Å². The summed E-state index contributed by atoms with van der Waals surface area (Å²) in [6, 6.07) is 12.5. The number of allylic oxidation sites excluding steroid dienone is 6. The third-order valence-corrected chi connectivity index (χ3v) is 6.58. The Labute approximate surface area is 206 Å². The van der Waals surface area contributed by atoms with Gasteiger partial charge in [0.15, 0.2) is 6.79 Å². The van der Waals surface area contributed by atoms with Crippen LogP contribution in [0.1, 0.15) is 37.7 Å². The number of halogens is 1. The number of hydrogen-bond acceptors (Lipinski definition) is 4. The number of alkyl halides is 1. The highest BCUT2D eigenvalue weighted by Gasteiger charge is 2.34. The fourth-order valence-corrected chi connectivity index (χ4v) is 4.89. The summed E-state index contributed by atoms with van der Waals surface area (Å²) in [5, 5.41) is 18.0. The van der Waals surface area contributed by atoms with Gasteiger partial charge in [-0.1, -0.05) is 48.6 Å². The number of fused-ring (bicyclic) bond motifs is 3. The second-order valence-corrected chi connectivity index (χ2v) is 8.51. The fraction of sp³-hybridized carbons (Fsp3) is 0.321. The van der Waals surface area contributed by atoms with Crippen molar-refractivity contribution in [3.8, 4) is 0 Å². The molecule has 2 aromatic rings. The molecule has 34 heavy (non-hydrogen) atoms. The fourth-order valence-electron chi connectivity index (χ4n) is 4.64. The molecule has 1 aliphatic heterocycles. The molecular weight excluding hydrogens is 450 g/mol. The van der Waals surface area contributed by atoms with Crippen molar-refractivity contribution < 1.29 is 19.7 Å². The molecule has 180 valence electrons. The SMILES string of the molecule is CC1=C(/C=C\C=C\OCO)CCCC(C(=O)N2C[C@@H](CCl)c3c2ccc2ccccc32)=C1.CO. The Balaban J connectivity index is 0.00000158. The number of aliphatic hydroxyl groups excluding tert-OH is 2. The zero-order valence-electron chi connectivity index (χ0n) is 19.7. The van der Waals surface area contributed by atoms with E-state index in [-0.39, 0.29) is 18.6 Å². The van der Waals surface area contributed by atoms with Gasteiger partial charge in [0.2, 0.25) is 0 Å². The predicted molar refractivity (Wildman–Crippen MR) is 139 cm³/mol. The number of carbonyl (C=O) groups excluding carboxylic acids is 1. The summed E-state index contributed by atoms with van der Waals surface area (Å²) < 4.78 is 4.79. The summed E-state index contributed by atoms with van der Waals surface area (Å²) in [5.74, 6) is 0.705. The Kier molecular flexibility index (Phi) is 9.52. The number of hydrogen-bond donors (Lipinski definition) is 2.